The molecule has 1 fully saturated rings. The fourth-order valence-corrected chi connectivity index (χ4v) is 5.59. The van der Waals surface area contributed by atoms with Gasteiger partial charge in [-0.25, -0.2) is 4.99 Å². The number of hydrogen-bond acceptors (Lipinski definition) is 7. The fourth-order valence-electron chi connectivity index (χ4n) is 4.96. The minimum absolute atomic E-state index is 0.00390. The molecule has 1 aliphatic heterocycles. The third-order valence-electron chi connectivity index (χ3n) is 7.72. The number of anilines is 1. The summed E-state index contributed by atoms with van der Waals surface area (Å²) in [5.74, 6) is 1.23. The van der Waals surface area contributed by atoms with E-state index >= 15 is 0 Å². The molecule has 0 radical (unpaired) electrons. The number of amides is 1. The topological polar surface area (TPSA) is 101 Å². The lowest BCUT2D eigenvalue weighted by Gasteiger charge is -2.35. The van der Waals surface area contributed by atoms with Crippen molar-refractivity contribution in [1.29, 1.82) is 0 Å². The molecule has 0 spiro atoms. The zero-order valence-electron chi connectivity index (χ0n) is 25.7. The number of thiophene rings is 1. The maximum atomic E-state index is 13.1. The van der Waals surface area contributed by atoms with Gasteiger partial charge in [0, 0.05) is 37.9 Å². The molecule has 0 aliphatic carbocycles. The Kier molecular flexibility index (Phi) is 11.5. The van der Waals surface area contributed by atoms with Crippen LogP contribution in [0.2, 0.25) is 0 Å². The van der Waals surface area contributed by atoms with E-state index in [4.69, 9.17) is 15.2 Å². The predicted octanol–water partition coefficient (Wildman–Crippen LogP) is 6.99. The number of ether oxygens (including phenoxy) is 2. The van der Waals surface area contributed by atoms with Crippen LogP contribution in [0.4, 0.5) is 11.4 Å². The summed E-state index contributed by atoms with van der Waals surface area (Å²) in [6.07, 6.45) is 6.63. The van der Waals surface area contributed by atoms with Crippen LogP contribution < -0.4 is 20.1 Å². The molecule has 43 heavy (non-hydrogen) atoms. The molecule has 230 valence electrons. The molecule has 4 rings (SSSR count). The molecule has 1 amide bonds. The average molecular weight is 605 g/mol. The number of phenols is 1. The molecule has 1 aliphatic rings. The average Bonchev–Trinajstić information content (AvgIpc) is 3.59. The van der Waals surface area contributed by atoms with Gasteiger partial charge in [-0.3, -0.25) is 4.79 Å². The number of rotatable bonds is 13. The maximum Gasteiger partial charge on any atom is 0.246 e. The number of carbonyl (C=O) groups is 1. The second-order valence-electron chi connectivity index (χ2n) is 10.6. The molecular weight excluding hydrogens is 560 g/mol. The molecule has 8 nitrogen and oxygen atoms in total. The molecule has 9 heteroatoms. The standard InChI is InChI=1S/C34H44N4O4S/c1-5-27(6-2)41-29-22-24(23-30(33(29)40)42-28(7-3)8-4)11-16-32(39)38-19-17-37(18-20-38)26-14-12-25(13-15-26)36-34(35)31-10-9-21-43-31/h9-16,21-23,27-28,40H,5-8,17-20H2,1-4H3,(H2,35,36)/b16-11+. The summed E-state index contributed by atoms with van der Waals surface area (Å²) in [6, 6.07) is 15.5. The van der Waals surface area contributed by atoms with Crippen molar-refractivity contribution in [2.45, 2.75) is 65.6 Å². The van der Waals surface area contributed by atoms with Crippen LogP contribution in [-0.4, -0.2) is 60.1 Å². The van der Waals surface area contributed by atoms with Crippen molar-refractivity contribution < 1.29 is 19.4 Å². The number of benzene rings is 2. The normalized spacial score (nSPS) is 14.2. The molecule has 0 unspecified atom stereocenters. The van der Waals surface area contributed by atoms with Crippen LogP contribution in [0.3, 0.4) is 0 Å². The van der Waals surface area contributed by atoms with E-state index in [1.165, 1.54) is 0 Å². The van der Waals surface area contributed by atoms with Crippen molar-refractivity contribution >= 4 is 40.5 Å². The molecule has 1 saturated heterocycles. The fraction of sp³-hybridized carbons (Fsp3) is 0.412. The first-order chi connectivity index (χ1) is 20.8. The quantitative estimate of drug-likeness (QED) is 0.124. The van der Waals surface area contributed by atoms with E-state index in [0.29, 0.717) is 30.4 Å². The smallest absolute Gasteiger partial charge is 0.246 e. The van der Waals surface area contributed by atoms with Crippen LogP contribution in [0.15, 0.2) is 65.0 Å². The Labute approximate surface area is 259 Å². The number of nitrogens with zero attached hydrogens (tertiary/aromatic N) is 3. The number of carbonyl (C=O) groups excluding carboxylic acids is 1. The Morgan fingerprint density at radius 3 is 2.05 bits per heavy atom. The van der Waals surface area contributed by atoms with E-state index in [9.17, 15) is 9.90 Å². The van der Waals surface area contributed by atoms with Crippen LogP contribution >= 0.6 is 11.3 Å². The van der Waals surface area contributed by atoms with E-state index in [2.05, 4.69) is 37.6 Å². The highest BCUT2D eigenvalue weighted by Crippen LogP contribution is 2.40. The summed E-state index contributed by atoms with van der Waals surface area (Å²) >= 11 is 1.57. The number of hydrogen-bond donors (Lipinski definition) is 2. The van der Waals surface area contributed by atoms with Gasteiger partial charge in [0.15, 0.2) is 11.5 Å². The van der Waals surface area contributed by atoms with Gasteiger partial charge in [0.2, 0.25) is 11.7 Å². The third-order valence-corrected chi connectivity index (χ3v) is 8.61. The van der Waals surface area contributed by atoms with E-state index in [-0.39, 0.29) is 23.9 Å². The number of amidine groups is 1. The molecule has 0 bridgehead atoms. The van der Waals surface area contributed by atoms with Crippen LogP contribution in [-0.2, 0) is 4.79 Å². The lowest BCUT2D eigenvalue weighted by atomic mass is 10.1. The first-order valence-corrected chi connectivity index (χ1v) is 16.1. The number of piperazine rings is 1. The Balaban J connectivity index is 1.39. The van der Waals surface area contributed by atoms with Gasteiger partial charge in [0.1, 0.15) is 5.84 Å². The third kappa shape index (κ3) is 8.54. The lowest BCUT2D eigenvalue weighted by Crippen LogP contribution is -2.48. The van der Waals surface area contributed by atoms with Crippen molar-refractivity contribution in [1.82, 2.24) is 4.90 Å². The first kappa shape index (κ1) is 31.9. The number of aromatic hydroxyl groups is 1. The summed E-state index contributed by atoms with van der Waals surface area (Å²) in [4.78, 5) is 22.7. The molecule has 3 aromatic rings. The number of nitrogens with two attached hydrogens (primary N) is 1. The molecule has 0 saturated carbocycles. The summed E-state index contributed by atoms with van der Waals surface area (Å²) < 4.78 is 12.2. The van der Waals surface area contributed by atoms with Crippen molar-refractivity contribution in [3.63, 3.8) is 0 Å². The molecular formula is C34H44N4O4S. The predicted molar refractivity (Wildman–Crippen MR) is 177 cm³/mol. The van der Waals surface area contributed by atoms with Gasteiger partial charge < -0.3 is 30.1 Å². The second kappa shape index (κ2) is 15.5. The molecule has 2 aromatic carbocycles. The van der Waals surface area contributed by atoms with Crippen molar-refractivity contribution in [2.24, 2.45) is 10.7 Å². The highest BCUT2D eigenvalue weighted by Gasteiger charge is 2.21. The minimum atomic E-state index is -0.0496. The van der Waals surface area contributed by atoms with E-state index in [0.717, 1.165) is 60.6 Å². The van der Waals surface area contributed by atoms with Crippen LogP contribution in [0, 0.1) is 0 Å². The summed E-state index contributed by atoms with van der Waals surface area (Å²) in [7, 11) is 0. The van der Waals surface area contributed by atoms with Crippen LogP contribution in [0.25, 0.3) is 6.08 Å². The molecule has 1 aromatic heterocycles. The van der Waals surface area contributed by atoms with Gasteiger partial charge in [-0.05, 0) is 85.2 Å². The van der Waals surface area contributed by atoms with Crippen molar-refractivity contribution in [3.05, 3.63) is 70.4 Å². The van der Waals surface area contributed by atoms with E-state index < -0.39 is 0 Å². The Morgan fingerprint density at radius 2 is 1.53 bits per heavy atom. The number of phenolic OH excluding ortho intramolecular Hbond substituents is 1. The Bertz CT molecular complexity index is 1340. The van der Waals surface area contributed by atoms with E-state index in [1.54, 1.807) is 35.6 Å². The van der Waals surface area contributed by atoms with Gasteiger partial charge in [-0.15, -0.1) is 11.3 Å². The summed E-state index contributed by atoms with van der Waals surface area (Å²) in [6.45, 7) is 10.9. The van der Waals surface area contributed by atoms with Gasteiger partial charge in [0.05, 0.1) is 22.8 Å². The van der Waals surface area contributed by atoms with Gasteiger partial charge in [-0.1, -0.05) is 33.8 Å². The Hall–Kier alpha value is -3.98. The molecule has 3 N–H and O–H groups in total. The zero-order valence-corrected chi connectivity index (χ0v) is 26.5. The minimum Gasteiger partial charge on any atom is -0.502 e. The SMILES string of the molecule is CCC(CC)Oc1cc(/C=C/C(=O)N2CCN(c3ccc(N=C(N)c4cccs4)cc3)CC2)cc(OC(CC)CC)c1O. The van der Waals surface area contributed by atoms with Crippen molar-refractivity contribution in [3.8, 4) is 17.2 Å². The van der Waals surface area contributed by atoms with Crippen LogP contribution in [0.5, 0.6) is 17.2 Å². The lowest BCUT2D eigenvalue weighted by molar-refractivity contribution is -0.126. The summed E-state index contributed by atoms with van der Waals surface area (Å²) in [5.41, 5.74) is 8.77. The van der Waals surface area contributed by atoms with Crippen LogP contribution in [0.1, 0.15) is 63.8 Å². The number of aliphatic imine (C=N–C) groups is 1. The summed E-state index contributed by atoms with van der Waals surface area (Å²) in [5, 5.41) is 12.9. The van der Waals surface area contributed by atoms with Gasteiger partial charge in [0.25, 0.3) is 0 Å². The highest BCUT2D eigenvalue weighted by atomic mass is 32.1. The van der Waals surface area contributed by atoms with E-state index in [1.807, 2.05) is 46.7 Å². The monoisotopic (exact) mass is 604 g/mol. The second-order valence-corrected chi connectivity index (χ2v) is 11.6. The molecule has 2 heterocycles. The maximum absolute atomic E-state index is 13.1. The highest BCUT2D eigenvalue weighted by molar-refractivity contribution is 7.12. The zero-order chi connectivity index (χ0) is 30.8. The van der Waals surface area contributed by atoms with Gasteiger partial charge in [-0.2, -0.15) is 0 Å². The van der Waals surface area contributed by atoms with Gasteiger partial charge >= 0.3 is 0 Å². The Morgan fingerprint density at radius 1 is 0.953 bits per heavy atom. The first-order valence-electron chi connectivity index (χ1n) is 15.2. The molecule has 0 atom stereocenters. The van der Waals surface area contributed by atoms with Crippen molar-refractivity contribution in [2.75, 3.05) is 31.1 Å². The largest absolute Gasteiger partial charge is 0.502 e.